The van der Waals surface area contributed by atoms with Crippen LogP contribution in [0.1, 0.15) is 5.56 Å². The maximum Gasteiger partial charge on any atom is 0.234 e. The van der Waals surface area contributed by atoms with Gasteiger partial charge < -0.3 is 10.1 Å². The average Bonchev–Trinajstić information content (AvgIpc) is 3.43. The van der Waals surface area contributed by atoms with Crippen molar-refractivity contribution in [3.8, 4) is 17.1 Å². The number of ether oxygens (including phenoxy) is 1. The van der Waals surface area contributed by atoms with E-state index in [0.29, 0.717) is 16.7 Å². The molecule has 0 saturated carbocycles. The summed E-state index contributed by atoms with van der Waals surface area (Å²) in [7, 11) is 1.63. The topological polar surface area (TPSA) is 74.0 Å². The Morgan fingerprint density at radius 2 is 1.77 bits per heavy atom. The summed E-state index contributed by atoms with van der Waals surface area (Å²) >= 11 is 1.32. The second kappa shape index (κ2) is 8.87. The average molecular weight is 420 g/mol. The molecule has 30 heavy (non-hydrogen) atoms. The van der Waals surface area contributed by atoms with Crippen LogP contribution < -0.4 is 10.1 Å². The summed E-state index contributed by atoms with van der Waals surface area (Å²) in [4.78, 5) is 12.4. The smallest absolute Gasteiger partial charge is 0.234 e. The second-order valence-corrected chi connectivity index (χ2v) is 7.53. The van der Waals surface area contributed by atoms with Gasteiger partial charge in [-0.1, -0.05) is 41.6 Å². The molecule has 7 nitrogen and oxygen atoms in total. The van der Waals surface area contributed by atoms with Crippen molar-refractivity contribution in [1.29, 1.82) is 0 Å². The fourth-order valence-electron chi connectivity index (χ4n) is 2.98. The molecule has 0 aliphatic heterocycles. The number of amides is 1. The van der Waals surface area contributed by atoms with Gasteiger partial charge in [-0.15, -0.1) is 10.2 Å². The number of carbonyl (C=O) groups is 1. The van der Waals surface area contributed by atoms with Gasteiger partial charge >= 0.3 is 0 Å². The molecule has 2 aromatic heterocycles. The molecule has 0 spiro atoms. The minimum absolute atomic E-state index is 0.107. The normalized spacial score (nSPS) is 10.7. The zero-order chi connectivity index (χ0) is 20.9. The Labute approximate surface area is 178 Å². The van der Waals surface area contributed by atoms with Crippen molar-refractivity contribution in [3.63, 3.8) is 0 Å². The van der Waals surface area contributed by atoms with E-state index < -0.39 is 0 Å². The van der Waals surface area contributed by atoms with E-state index in [1.807, 2.05) is 89.3 Å². The van der Waals surface area contributed by atoms with Crippen LogP contribution in [-0.2, 0) is 4.79 Å². The molecule has 0 unspecified atom stereocenters. The highest BCUT2D eigenvalue weighted by molar-refractivity contribution is 7.99. The lowest BCUT2D eigenvalue weighted by Gasteiger charge is -2.13. The predicted octanol–water partition coefficient (Wildman–Crippen LogP) is 4.11. The number of thioether (sulfide) groups is 1. The van der Waals surface area contributed by atoms with Crippen molar-refractivity contribution in [2.75, 3.05) is 18.2 Å². The summed E-state index contributed by atoms with van der Waals surface area (Å²) < 4.78 is 9.23. The third-order valence-corrected chi connectivity index (χ3v) is 5.37. The van der Waals surface area contributed by atoms with E-state index in [-0.39, 0.29) is 11.7 Å². The number of methoxy groups -OCH3 is 1. The van der Waals surface area contributed by atoms with Crippen LogP contribution in [0, 0.1) is 6.92 Å². The standard InChI is InChI=1S/C22H21N5O2S/c1-16-9-11-17(12-10-16)23-20(28)15-30-22-25-24-21(27(22)26-13-5-6-14-26)18-7-3-4-8-19(18)29-2/h3-14H,15H2,1-2H3,(H,23,28). The van der Waals surface area contributed by atoms with E-state index in [2.05, 4.69) is 15.5 Å². The lowest BCUT2D eigenvalue weighted by atomic mass is 10.2. The van der Waals surface area contributed by atoms with E-state index in [1.54, 1.807) is 7.11 Å². The van der Waals surface area contributed by atoms with Crippen LogP contribution in [0.15, 0.2) is 78.2 Å². The first-order valence-corrected chi connectivity index (χ1v) is 10.4. The van der Waals surface area contributed by atoms with Crippen LogP contribution in [-0.4, -0.2) is 38.3 Å². The van der Waals surface area contributed by atoms with Gasteiger partial charge in [0.1, 0.15) is 5.75 Å². The van der Waals surface area contributed by atoms with Crippen LogP contribution in [0.25, 0.3) is 11.4 Å². The molecule has 0 fully saturated rings. The van der Waals surface area contributed by atoms with E-state index in [4.69, 9.17) is 4.74 Å². The molecule has 0 bridgehead atoms. The molecule has 1 amide bonds. The number of nitrogens with zero attached hydrogens (tertiary/aromatic N) is 4. The Kier molecular flexibility index (Phi) is 5.85. The van der Waals surface area contributed by atoms with Crippen LogP contribution in [0.2, 0.25) is 0 Å². The van der Waals surface area contributed by atoms with Crippen molar-refractivity contribution in [2.45, 2.75) is 12.1 Å². The van der Waals surface area contributed by atoms with Gasteiger partial charge in [-0.3, -0.25) is 9.47 Å². The first-order valence-electron chi connectivity index (χ1n) is 9.37. The van der Waals surface area contributed by atoms with Crippen molar-refractivity contribution < 1.29 is 9.53 Å². The van der Waals surface area contributed by atoms with E-state index >= 15 is 0 Å². The van der Waals surface area contributed by atoms with Crippen molar-refractivity contribution in [2.24, 2.45) is 0 Å². The van der Waals surface area contributed by atoms with Gasteiger partial charge in [-0.25, -0.2) is 4.68 Å². The number of nitrogens with one attached hydrogen (secondary N) is 1. The van der Waals surface area contributed by atoms with Crippen molar-refractivity contribution in [3.05, 3.63) is 78.6 Å². The number of aryl methyl sites for hydroxylation is 1. The minimum atomic E-state index is -0.107. The Bertz CT molecular complexity index is 1140. The largest absolute Gasteiger partial charge is 0.496 e. The molecule has 1 N–H and O–H groups in total. The number of carbonyl (C=O) groups excluding carboxylic acids is 1. The summed E-state index contributed by atoms with van der Waals surface area (Å²) in [5, 5.41) is 12.2. The molecular weight excluding hydrogens is 398 g/mol. The summed E-state index contributed by atoms with van der Waals surface area (Å²) in [6.07, 6.45) is 3.80. The van der Waals surface area contributed by atoms with Gasteiger partial charge in [0.05, 0.1) is 18.4 Å². The third-order valence-electron chi connectivity index (χ3n) is 4.45. The molecule has 2 heterocycles. The maximum absolute atomic E-state index is 12.4. The highest BCUT2D eigenvalue weighted by atomic mass is 32.2. The Morgan fingerprint density at radius 1 is 1.03 bits per heavy atom. The number of anilines is 1. The van der Waals surface area contributed by atoms with Gasteiger partial charge in [0.15, 0.2) is 5.82 Å². The highest BCUT2D eigenvalue weighted by Gasteiger charge is 2.19. The lowest BCUT2D eigenvalue weighted by molar-refractivity contribution is -0.113. The van der Waals surface area contributed by atoms with Gasteiger partial charge in [0, 0.05) is 18.1 Å². The second-order valence-electron chi connectivity index (χ2n) is 6.58. The van der Waals surface area contributed by atoms with E-state index in [9.17, 15) is 4.79 Å². The zero-order valence-corrected chi connectivity index (χ0v) is 17.5. The molecule has 0 aliphatic rings. The first-order chi connectivity index (χ1) is 14.7. The number of aromatic nitrogens is 4. The molecule has 0 aliphatic carbocycles. The highest BCUT2D eigenvalue weighted by Crippen LogP contribution is 2.31. The molecule has 152 valence electrons. The van der Waals surface area contributed by atoms with Gasteiger partial charge in [0.25, 0.3) is 0 Å². The monoisotopic (exact) mass is 419 g/mol. The lowest BCUT2D eigenvalue weighted by Crippen LogP contribution is -2.16. The number of hydrogen-bond donors (Lipinski definition) is 1. The first kappa shape index (κ1) is 19.8. The third kappa shape index (κ3) is 4.23. The van der Waals surface area contributed by atoms with Crippen LogP contribution in [0.5, 0.6) is 5.75 Å². The Morgan fingerprint density at radius 3 is 2.50 bits per heavy atom. The SMILES string of the molecule is COc1ccccc1-c1nnc(SCC(=O)Nc2ccc(C)cc2)n1-n1cccc1. The molecule has 0 radical (unpaired) electrons. The molecule has 8 heteroatoms. The summed E-state index contributed by atoms with van der Waals surface area (Å²) in [6.45, 7) is 2.01. The molecule has 0 saturated heterocycles. The summed E-state index contributed by atoms with van der Waals surface area (Å²) in [6, 6.07) is 19.2. The number of benzene rings is 2. The van der Waals surface area contributed by atoms with E-state index in [0.717, 1.165) is 16.8 Å². The van der Waals surface area contributed by atoms with Crippen LogP contribution in [0.4, 0.5) is 5.69 Å². The fourth-order valence-corrected chi connectivity index (χ4v) is 3.72. The summed E-state index contributed by atoms with van der Waals surface area (Å²) in [5.74, 6) is 1.43. The molecule has 4 aromatic rings. The Balaban J connectivity index is 1.58. The molecule has 2 aromatic carbocycles. The number of rotatable bonds is 7. The summed E-state index contributed by atoms with van der Waals surface area (Å²) in [5.41, 5.74) is 2.73. The van der Waals surface area contributed by atoms with Crippen molar-refractivity contribution >= 4 is 23.4 Å². The minimum Gasteiger partial charge on any atom is -0.496 e. The number of para-hydroxylation sites is 1. The maximum atomic E-state index is 12.4. The van der Waals surface area contributed by atoms with Crippen molar-refractivity contribution in [1.82, 2.24) is 19.5 Å². The van der Waals surface area contributed by atoms with E-state index in [1.165, 1.54) is 11.8 Å². The fraction of sp³-hybridized carbons (Fsp3) is 0.136. The molecule has 4 rings (SSSR count). The Hall–Kier alpha value is -3.52. The van der Waals surface area contributed by atoms with Crippen LogP contribution >= 0.6 is 11.8 Å². The zero-order valence-electron chi connectivity index (χ0n) is 16.6. The predicted molar refractivity (Wildman–Crippen MR) is 118 cm³/mol. The van der Waals surface area contributed by atoms with Gasteiger partial charge in [-0.05, 0) is 43.3 Å². The number of hydrogen-bond acceptors (Lipinski definition) is 5. The molecular formula is C22H21N5O2S. The molecule has 0 atom stereocenters. The van der Waals surface area contributed by atoms with Gasteiger partial charge in [-0.2, -0.15) is 0 Å². The quantitative estimate of drug-likeness (QED) is 0.457. The van der Waals surface area contributed by atoms with Gasteiger partial charge in [0.2, 0.25) is 11.1 Å². The van der Waals surface area contributed by atoms with Crippen LogP contribution in [0.3, 0.4) is 0 Å².